The topological polar surface area (TPSA) is 24.4 Å². The molecule has 0 aromatic heterocycles. The van der Waals surface area contributed by atoms with Crippen LogP contribution in [-0.2, 0) is 0 Å². The summed E-state index contributed by atoms with van der Waals surface area (Å²) in [6.45, 7) is 1.83. The summed E-state index contributed by atoms with van der Waals surface area (Å²) in [5.74, 6) is 0.488. The largest absolute Gasteiger partial charge is 0.376 e. The predicted octanol–water partition coefficient (Wildman–Crippen LogP) is 2.06. The highest BCUT2D eigenvalue weighted by Gasteiger charge is 2.11. The molecule has 1 aromatic rings. The van der Waals surface area contributed by atoms with Crippen LogP contribution in [0, 0.1) is 0 Å². The summed E-state index contributed by atoms with van der Waals surface area (Å²) in [5, 5.41) is 3.91. The minimum Gasteiger partial charge on any atom is -0.376 e. The van der Waals surface area contributed by atoms with Crippen molar-refractivity contribution in [3.8, 4) is 0 Å². The Morgan fingerprint density at radius 2 is 2.08 bits per heavy atom. The first-order valence-electron chi connectivity index (χ1n) is 4.33. The quantitative estimate of drug-likeness (QED) is 0.727. The molecule has 0 aliphatic carbocycles. The molecule has 0 fully saturated rings. The van der Waals surface area contributed by atoms with Gasteiger partial charge in [0.15, 0.2) is 0 Å². The first-order valence-corrected chi connectivity index (χ1v) is 4.71. The van der Waals surface area contributed by atoms with Gasteiger partial charge in [-0.3, -0.25) is 4.99 Å². The Hall–Kier alpha value is -1.02. The SMILES string of the molecule is Clc1ccc(C2CN=CNC2)cc1. The van der Waals surface area contributed by atoms with E-state index in [1.54, 1.807) is 6.34 Å². The number of halogens is 1. The molecule has 0 radical (unpaired) electrons. The van der Waals surface area contributed by atoms with Crippen molar-refractivity contribution in [1.29, 1.82) is 0 Å². The van der Waals surface area contributed by atoms with E-state index in [4.69, 9.17) is 11.6 Å². The van der Waals surface area contributed by atoms with Crippen LogP contribution in [0.5, 0.6) is 0 Å². The smallest absolute Gasteiger partial charge is 0.0824 e. The van der Waals surface area contributed by atoms with E-state index in [9.17, 15) is 0 Å². The fourth-order valence-electron chi connectivity index (χ4n) is 1.46. The molecule has 13 heavy (non-hydrogen) atoms. The third-order valence-corrected chi connectivity index (χ3v) is 2.47. The number of nitrogens with one attached hydrogen (secondary N) is 1. The van der Waals surface area contributed by atoms with E-state index in [1.807, 2.05) is 12.1 Å². The lowest BCUT2D eigenvalue weighted by atomic mass is 9.99. The van der Waals surface area contributed by atoms with Gasteiger partial charge in [0, 0.05) is 24.0 Å². The van der Waals surface area contributed by atoms with E-state index in [0.29, 0.717) is 5.92 Å². The van der Waals surface area contributed by atoms with Crippen LogP contribution >= 0.6 is 11.6 Å². The molecule has 1 aliphatic heterocycles. The van der Waals surface area contributed by atoms with Crippen LogP contribution in [-0.4, -0.2) is 19.4 Å². The van der Waals surface area contributed by atoms with Crippen molar-refractivity contribution >= 4 is 17.9 Å². The van der Waals surface area contributed by atoms with Gasteiger partial charge in [0.05, 0.1) is 6.34 Å². The van der Waals surface area contributed by atoms with Crippen LogP contribution in [0.15, 0.2) is 29.3 Å². The summed E-state index contributed by atoms with van der Waals surface area (Å²) in [7, 11) is 0. The van der Waals surface area contributed by atoms with Gasteiger partial charge in [-0.05, 0) is 17.7 Å². The molecule has 0 amide bonds. The van der Waals surface area contributed by atoms with E-state index in [0.717, 1.165) is 18.1 Å². The predicted molar refractivity (Wildman–Crippen MR) is 55.6 cm³/mol. The lowest BCUT2D eigenvalue weighted by molar-refractivity contribution is 0.648. The average molecular weight is 195 g/mol. The summed E-state index contributed by atoms with van der Waals surface area (Å²) in [4.78, 5) is 4.19. The Labute approximate surface area is 82.6 Å². The van der Waals surface area contributed by atoms with Crippen LogP contribution in [0.2, 0.25) is 5.02 Å². The number of aliphatic imine (C=N–C) groups is 1. The van der Waals surface area contributed by atoms with E-state index in [1.165, 1.54) is 5.56 Å². The van der Waals surface area contributed by atoms with E-state index < -0.39 is 0 Å². The molecule has 1 aliphatic rings. The Morgan fingerprint density at radius 3 is 2.69 bits per heavy atom. The maximum absolute atomic E-state index is 5.81. The molecule has 0 spiro atoms. The molecule has 1 N–H and O–H groups in total. The second kappa shape index (κ2) is 3.79. The molecule has 2 rings (SSSR count). The molecular weight excluding hydrogens is 184 g/mol. The average Bonchev–Trinajstić information content (AvgIpc) is 2.20. The summed E-state index contributed by atoms with van der Waals surface area (Å²) in [6.07, 6.45) is 1.77. The molecule has 0 bridgehead atoms. The van der Waals surface area contributed by atoms with Gasteiger partial charge in [0.25, 0.3) is 0 Å². The van der Waals surface area contributed by atoms with Gasteiger partial charge < -0.3 is 5.32 Å². The van der Waals surface area contributed by atoms with Gasteiger partial charge in [-0.25, -0.2) is 0 Å². The van der Waals surface area contributed by atoms with Crippen LogP contribution in [0.3, 0.4) is 0 Å². The molecule has 0 saturated carbocycles. The Kier molecular flexibility index (Phi) is 2.50. The highest BCUT2D eigenvalue weighted by molar-refractivity contribution is 6.30. The number of rotatable bonds is 1. The van der Waals surface area contributed by atoms with Crippen molar-refractivity contribution in [3.63, 3.8) is 0 Å². The minimum absolute atomic E-state index is 0.488. The van der Waals surface area contributed by atoms with Crippen molar-refractivity contribution in [2.45, 2.75) is 5.92 Å². The normalized spacial score (nSPS) is 21.2. The number of nitrogens with zero attached hydrogens (tertiary/aromatic N) is 1. The first-order chi connectivity index (χ1) is 6.36. The molecule has 3 heteroatoms. The van der Waals surface area contributed by atoms with Crippen molar-refractivity contribution in [2.75, 3.05) is 13.1 Å². The lowest BCUT2D eigenvalue weighted by Gasteiger charge is -2.18. The molecule has 1 aromatic carbocycles. The number of hydrogen-bond donors (Lipinski definition) is 1. The molecule has 2 nitrogen and oxygen atoms in total. The van der Waals surface area contributed by atoms with Gasteiger partial charge in [-0.15, -0.1) is 0 Å². The molecule has 0 saturated heterocycles. The highest BCUT2D eigenvalue weighted by Crippen LogP contribution is 2.19. The maximum Gasteiger partial charge on any atom is 0.0824 e. The Balaban J connectivity index is 2.15. The molecule has 1 heterocycles. The minimum atomic E-state index is 0.488. The summed E-state index contributed by atoms with van der Waals surface area (Å²) in [5.41, 5.74) is 1.30. The van der Waals surface area contributed by atoms with Crippen molar-refractivity contribution in [1.82, 2.24) is 5.32 Å². The van der Waals surface area contributed by atoms with Gasteiger partial charge >= 0.3 is 0 Å². The number of hydrogen-bond acceptors (Lipinski definition) is 2. The monoisotopic (exact) mass is 194 g/mol. The highest BCUT2D eigenvalue weighted by atomic mass is 35.5. The number of benzene rings is 1. The zero-order valence-corrected chi connectivity index (χ0v) is 7.96. The molecular formula is C10H11ClN2. The summed E-state index contributed by atoms with van der Waals surface area (Å²) >= 11 is 5.81. The van der Waals surface area contributed by atoms with E-state index >= 15 is 0 Å². The van der Waals surface area contributed by atoms with E-state index in [2.05, 4.69) is 22.4 Å². The second-order valence-electron chi connectivity index (χ2n) is 3.15. The van der Waals surface area contributed by atoms with Gasteiger partial charge in [0.1, 0.15) is 0 Å². The fraction of sp³-hybridized carbons (Fsp3) is 0.300. The maximum atomic E-state index is 5.81. The third-order valence-electron chi connectivity index (χ3n) is 2.21. The van der Waals surface area contributed by atoms with Gasteiger partial charge in [-0.1, -0.05) is 23.7 Å². The Bertz CT molecular complexity index is 305. The third kappa shape index (κ3) is 2.01. The molecule has 1 atom stereocenters. The zero-order valence-electron chi connectivity index (χ0n) is 7.20. The second-order valence-corrected chi connectivity index (χ2v) is 3.59. The first kappa shape index (κ1) is 8.57. The van der Waals surface area contributed by atoms with E-state index in [-0.39, 0.29) is 0 Å². The van der Waals surface area contributed by atoms with Crippen molar-refractivity contribution in [2.24, 2.45) is 4.99 Å². The van der Waals surface area contributed by atoms with Gasteiger partial charge in [0.2, 0.25) is 0 Å². The lowest BCUT2D eigenvalue weighted by Crippen LogP contribution is -2.26. The molecule has 1 unspecified atom stereocenters. The standard InChI is InChI=1S/C10H11ClN2/c11-10-3-1-8(2-4-10)9-5-12-7-13-6-9/h1-4,7,9H,5-6H2,(H,12,13). The fourth-order valence-corrected chi connectivity index (χ4v) is 1.59. The van der Waals surface area contributed by atoms with Crippen LogP contribution in [0.1, 0.15) is 11.5 Å². The molecule has 68 valence electrons. The van der Waals surface area contributed by atoms with Crippen molar-refractivity contribution in [3.05, 3.63) is 34.9 Å². The van der Waals surface area contributed by atoms with Gasteiger partial charge in [-0.2, -0.15) is 0 Å². The Morgan fingerprint density at radius 1 is 1.31 bits per heavy atom. The zero-order chi connectivity index (χ0) is 9.10. The van der Waals surface area contributed by atoms with Crippen LogP contribution in [0.25, 0.3) is 0 Å². The van der Waals surface area contributed by atoms with Crippen LogP contribution in [0.4, 0.5) is 0 Å². The summed E-state index contributed by atoms with van der Waals surface area (Å²) < 4.78 is 0. The van der Waals surface area contributed by atoms with Crippen LogP contribution < -0.4 is 5.32 Å². The van der Waals surface area contributed by atoms with Crippen molar-refractivity contribution < 1.29 is 0 Å². The summed E-state index contributed by atoms with van der Waals surface area (Å²) in [6, 6.07) is 7.98.